The van der Waals surface area contributed by atoms with Crippen molar-refractivity contribution < 1.29 is 0 Å². The minimum absolute atomic E-state index is 1.05. The van der Waals surface area contributed by atoms with Crippen LogP contribution in [0.1, 0.15) is 34.1 Å². The van der Waals surface area contributed by atoms with Crippen LogP contribution in [0.5, 0.6) is 0 Å². The SMILES string of the molecule is CC.CC1C[C@@H]1C. The summed E-state index contributed by atoms with van der Waals surface area (Å²) in [6.07, 6.45) is 1.47. The lowest BCUT2D eigenvalue weighted by molar-refractivity contribution is 0.834. The van der Waals surface area contributed by atoms with Crippen molar-refractivity contribution in [3.05, 3.63) is 0 Å². The Hall–Kier alpha value is 0. The molecular weight excluding hydrogens is 84.1 g/mol. The monoisotopic (exact) mass is 100 g/mol. The van der Waals surface area contributed by atoms with Crippen LogP contribution < -0.4 is 0 Å². The highest BCUT2D eigenvalue weighted by Crippen LogP contribution is 2.36. The molecule has 1 aliphatic rings. The van der Waals surface area contributed by atoms with Crippen molar-refractivity contribution in [1.82, 2.24) is 0 Å². The number of hydrogen-bond donors (Lipinski definition) is 0. The first-order valence-electron chi connectivity index (χ1n) is 3.30. The van der Waals surface area contributed by atoms with Gasteiger partial charge in [0.2, 0.25) is 0 Å². The van der Waals surface area contributed by atoms with Crippen molar-refractivity contribution in [3.63, 3.8) is 0 Å². The first kappa shape index (κ1) is 7.00. The molecule has 1 fully saturated rings. The molecule has 0 nitrogen and oxygen atoms in total. The molecule has 1 unspecified atom stereocenters. The second-order valence-electron chi connectivity index (χ2n) is 2.19. The Morgan fingerprint density at radius 2 is 1.14 bits per heavy atom. The van der Waals surface area contributed by atoms with Crippen molar-refractivity contribution >= 4 is 0 Å². The molecule has 0 heterocycles. The fraction of sp³-hybridized carbons (Fsp3) is 1.00. The number of hydrogen-bond acceptors (Lipinski definition) is 0. The Bertz CT molecular complexity index is 33.3. The Labute approximate surface area is 46.9 Å². The average molecular weight is 100 g/mol. The second kappa shape index (κ2) is 3.06. The van der Waals surface area contributed by atoms with Gasteiger partial charge < -0.3 is 0 Å². The summed E-state index contributed by atoms with van der Waals surface area (Å²) in [6.45, 7) is 8.59. The Kier molecular flexibility index (Phi) is 3.06. The van der Waals surface area contributed by atoms with E-state index in [-0.39, 0.29) is 0 Å². The summed E-state index contributed by atoms with van der Waals surface area (Å²) >= 11 is 0. The van der Waals surface area contributed by atoms with Gasteiger partial charge in [0.25, 0.3) is 0 Å². The zero-order chi connectivity index (χ0) is 5.86. The molecule has 0 bridgehead atoms. The van der Waals surface area contributed by atoms with Crippen molar-refractivity contribution in [2.75, 3.05) is 0 Å². The highest BCUT2D eigenvalue weighted by atomic mass is 14.3. The van der Waals surface area contributed by atoms with Crippen LogP contribution in [-0.4, -0.2) is 0 Å². The van der Waals surface area contributed by atoms with Crippen molar-refractivity contribution in [3.8, 4) is 0 Å². The first-order valence-corrected chi connectivity index (χ1v) is 3.30. The van der Waals surface area contributed by atoms with Crippen LogP contribution in [0, 0.1) is 11.8 Å². The second-order valence-corrected chi connectivity index (χ2v) is 2.19. The van der Waals surface area contributed by atoms with E-state index in [9.17, 15) is 0 Å². The molecule has 0 saturated heterocycles. The van der Waals surface area contributed by atoms with E-state index < -0.39 is 0 Å². The van der Waals surface area contributed by atoms with Gasteiger partial charge in [0.05, 0.1) is 0 Å². The molecule has 0 aliphatic heterocycles. The van der Waals surface area contributed by atoms with Gasteiger partial charge in [0.15, 0.2) is 0 Å². The van der Waals surface area contributed by atoms with Crippen molar-refractivity contribution in [1.29, 1.82) is 0 Å². The predicted octanol–water partition coefficient (Wildman–Crippen LogP) is 2.69. The third kappa shape index (κ3) is 2.67. The third-order valence-corrected chi connectivity index (χ3v) is 1.51. The molecule has 0 heteroatoms. The first-order chi connectivity index (χ1) is 3.30. The summed E-state index contributed by atoms with van der Waals surface area (Å²) in [7, 11) is 0. The maximum absolute atomic E-state index is 2.30. The van der Waals surface area contributed by atoms with E-state index in [1.165, 1.54) is 6.42 Å². The molecule has 0 aromatic heterocycles. The Morgan fingerprint density at radius 1 is 1.00 bits per heavy atom. The fourth-order valence-electron chi connectivity index (χ4n) is 0.508. The van der Waals surface area contributed by atoms with Gasteiger partial charge in [-0.25, -0.2) is 0 Å². The summed E-state index contributed by atoms with van der Waals surface area (Å²) in [5.41, 5.74) is 0. The topological polar surface area (TPSA) is 0 Å². The van der Waals surface area contributed by atoms with E-state index >= 15 is 0 Å². The van der Waals surface area contributed by atoms with Crippen molar-refractivity contribution in [2.45, 2.75) is 34.1 Å². The molecule has 7 heavy (non-hydrogen) atoms. The highest BCUT2D eigenvalue weighted by molar-refractivity contribution is 4.76. The molecule has 1 saturated carbocycles. The van der Waals surface area contributed by atoms with E-state index in [0.717, 1.165) is 11.8 Å². The maximum Gasteiger partial charge on any atom is -0.0414 e. The van der Waals surface area contributed by atoms with Crippen LogP contribution in [-0.2, 0) is 0 Å². The van der Waals surface area contributed by atoms with E-state index in [0.29, 0.717) is 0 Å². The van der Waals surface area contributed by atoms with Crippen LogP contribution in [0.3, 0.4) is 0 Å². The predicted molar refractivity (Wildman–Crippen MR) is 34.3 cm³/mol. The standard InChI is InChI=1S/C5H10.C2H6/c1-4-3-5(4)2;1-2/h4-5H,3H2,1-2H3;1-2H3/t4-,5?;/m0./s1. The summed E-state index contributed by atoms with van der Waals surface area (Å²) < 4.78 is 0. The summed E-state index contributed by atoms with van der Waals surface area (Å²) in [4.78, 5) is 0. The maximum atomic E-state index is 2.30. The Balaban J connectivity index is 0.000000162. The van der Waals surface area contributed by atoms with E-state index in [2.05, 4.69) is 13.8 Å². The smallest absolute Gasteiger partial charge is 0.0414 e. The summed E-state index contributed by atoms with van der Waals surface area (Å²) in [5.74, 6) is 2.10. The van der Waals surface area contributed by atoms with Gasteiger partial charge in [-0.3, -0.25) is 0 Å². The van der Waals surface area contributed by atoms with Gasteiger partial charge in [-0.15, -0.1) is 0 Å². The van der Waals surface area contributed by atoms with Crippen LogP contribution in [0.4, 0.5) is 0 Å². The lowest BCUT2D eigenvalue weighted by Crippen LogP contribution is -1.58. The van der Waals surface area contributed by atoms with Gasteiger partial charge in [-0.1, -0.05) is 27.7 Å². The van der Waals surface area contributed by atoms with Crippen LogP contribution >= 0.6 is 0 Å². The summed E-state index contributed by atoms with van der Waals surface area (Å²) in [5, 5.41) is 0. The average Bonchev–Trinajstić information content (AvgIpc) is 2.27. The van der Waals surface area contributed by atoms with Crippen LogP contribution in [0.15, 0.2) is 0 Å². The Morgan fingerprint density at radius 3 is 1.14 bits per heavy atom. The van der Waals surface area contributed by atoms with Gasteiger partial charge in [-0.05, 0) is 18.3 Å². The van der Waals surface area contributed by atoms with Gasteiger partial charge in [0, 0.05) is 0 Å². The van der Waals surface area contributed by atoms with Gasteiger partial charge >= 0.3 is 0 Å². The third-order valence-electron chi connectivity index (χ3n) is 1.51. The van der Waals surface area contributed by atoms with Gasteiger partial charge in [-0.2, -0.15) is 0 Å². The zero-order valence-electron chi connectivity index (χ0n) is 5.86. The molecule has 0 amide bonds. The van der Waals surface area contributed by atoms with Crippen LogP contribution in [0.2, 0.25) is 0 Å². The normalized spacial score (nSPS) is 36.0. The molecular formula is C7H16. The summed E-state index contributed by atoms with van der Waals surface area (Å²) in [6, 6.07) is 0. The quantitative estimate of drug-likeness (QED) is 0.439. The molecule has 2 atom stereocenters. The fourth-order valence-corrected chi connectivity index (χ4v) is 0.508. The molecule has 1 aliphatic carbocycles. The van der Waals surface area contributed by atoms with E-state index in [1.54, 1.807) is 0 Å². The molecule has 44 valence electrons. The zero-order valence-corrected chi connectivity index (χ0v) is 5.86. The molecule has 0 spiro atoms. The van der Waals surface area contributed by atoms with E-state index in [1.807, 2.05) is 13.8 Å². The lowest BCUT2D eigenvalue weighted by atomic mass is 10.4. The minimum atomic E-state index is 1.05. The number of rotatable bonds is 0. The lowest BCUT2D eigenvalue weighted by Gasteiger charge is -1.66. The largest absolute Gasteiger partial charge is 0.0683 e. The van der Waals surface area contributed by atoms with Crippen molar-refractivity contribution in [2.24, 2.45) is 11.8 Å². The minimum Gasteiger partial charge on any atom is -0.0683 e. The molecule has 0 radical (unpaired) electrons. The molecule has 0 N–H and O–H groups in total. The molecule has 0 aromatic carbocycles. The van der Waals surface area contributed by atoms with Crippen LogP contribution in [0.25, 0.3) is 0 Å². The highest BCUT2D eigenvalue weighted by Gasteiger charge is 2.26. The molecule has 1 rings (SSSR count). The van der Waals surface area contributed by atoms with E-state index in [4.69, 9.17) is 0 Å². The van der Waals surface area contributed by atoms with Gasteiger partial charge in [0.1, 0.15) is 0 Å². The molecule has 0 aromatic rings.